The molecule has 4 rings (SSSR count). The Balaban J connectivity index is 1.92. The van der Waals surface area contributed by atoms with Gasteiger partial charge in [-0.05, 0) is 54.1 Å². The first-order valence-electron chi connectivity index (χ1n) is 9.12. The molecular formula is C23H17BrN2O4. The van der Waals surface area contributed by atoms with Gasteiger partial charge in [-0.1, -0.05) is 28.1 Å². The van der Waals surface area contributed by atoms with Crippen LogP contribution in [0.15, 0.2) is 83.1 Å². The van der Waals surface area contributed by atoms with Crippen molar-refractivity contribution in [2.75, 3.05) is 12.0 Å². The minimum atomic E-state index is -0.810. The van der Waals surface area contributed by atoms with Crippen molar-refractivity contribution in [3.8, 4) is 5.75 Å². The molecule has 7 heteroatoms. The van der Waals surface area contributed by atoms with Crippen LogP contribution in [0, 0.1) is 0 Å². The largest absolute Gasteiger partial charge is 0.507 e. The summed E-state index contributed by atoms with van der Waals surface area (Å²) in [5.74, 6) is -1.10. The van der Waals surface area contributed by atoms with E-state index < -0.39 is 17.7 Å². The average Bonchev–Trinajstić information content (AvgIpc) is 3.04. The number of methoxy groups -OCH3 is 1. The van der Waals surface area contributed by atoms with E-state index in [0.29, 0.717) is 22.6 Å². The van der Waals surface area contributed by atoms with Gasteiger partial charge in [0.1, 0.15) is 11.5 Å². The molecular weight excluding hydrogens is 448 g/mol. The van der Waals surface area contributed by atoms with E-state index in [1.807, 2.05) is 6.07 Å². The maximum Gasteiger partial charge on any atom is 0.300 e. The van der Waals surface area contributed by atoms with Gasteiger partial charge >= 0.3 is 0 Å². The molecule has 1 saturated heterocycles. The minimum absolute atomic E-state index is 0.0122. The van der Waals surface area contributed by atoms with Gasteiger partial charge in [0.15, 0.2) is 0 Å². The van der Waals surface area contributed by atoms with Crippen LogP contribution in [-0.2, 0) is 9.59 Å². The number of rotatable bonds is 4. The van der Waals surface area contributed by atoms with Crippen LogP contribution in [-0.4, -0.2) is 28.9 Å². The second-order valence-corrected chi connectivity index (χ2v) is 7.58. The summed E-state index contributed by atoms with van der Waals surface area (Å²) >= 11 is 3.41. The average molecular weight is 465 g/mol. The zero-order valence-electron chi connectivity index (χ0n) is 15.9. The van der Waals surface area contributed by atoms with Crippen LogP contribution < -0.4 is 9.64 Å². The molecule has 1 N–H and O–H groups in total. The monoisotopic (exact) mass is 464 g/mol. The Labute approximate surface area is 181 Å². The fourth-order valence-electron chi connectivity index (χ4n) is 3.48. The molecule has 1 amide bonds. The molecule has 1 fully saturated rings. The van der Waals surface area contributed by atoms with Crippen LogP contribution in [0.3, 0.4) is 0 Å². The lowest BCUT2D eigenvalue weighted by atomic mass is 9.96. The zero-order valence-corrected chi connectivity index (χ0v) is 17.5. The number of halogens is 1. The van der Waals surface area contributed by atoms with Crippen molar-refractivity contribution in [1.82, 2.24) is 4.98 Å². The lowest BCUT2D eigenvalue weighted by molar-refractivity contribution is -0.132. The third kappa shape index (κ3) is 3.48. The van der Waals surface area contributed by atoms with E-state index in [-0.39, 0.29) is 11.3 Å². The Hall–Kier alpha value is -3.45. The number of nitrogens with zero attached hydrogens (tertiary/aromatic N) is 2. The molecule has 6 nitrogen and oxygen atoms in total. The smallest absolute Gasteiger partial charge is 0.300 e. The molecule has 2 aromatic carbocycles. The molecule has 1 aliphatic heterocycles. The number of carbonyl (C=O) groups excluding carboxylic acids is 2. The molecule has 1 unspecified atom stereocenters. The molecule has 1 aliphatic rings. The van der Waals surface area contributed by atoms with Crippen LogP contribution in [0.4, 0.5) is 5.69 Å². The van der Waals surface area contributed by atoms with Gasteiger partial charge in [-0.15, -0.1) is 0 Å². The highest BCUT2D eigenvalue weighted by Gasteiger charge is 2.47. The summed E-state index contributed by atoms with van der Waals surface area (Å²) in [5, 5.41) is 11.0. The highest BCUT2D eigenvalue weighted by atomic mass is 79.9. The van der Waals surface area contributed by atoms with Crippen LogP contribution in [0.2, 0.25) is 0 Å². The third-order valence-corrected chi connectivity index (χ3v) is 5.39. The lowest BCUT2D eigenvalue weighted by Crippen LogP contribution is -2.29. The van der Waals surface area contributed by atoms with E-state index in [1.54, 1.807) is 74.1 Å². The predicted molar refractivity (Wildman–Crippen MR) is 116 cm³/mol. The third-order valence-electron chi connectivity index (χ3n) is 4.89. The fraction of sp³-hybridized carbons (Fsp3) is 0.0870. The molecule has 0 spiro atoms. The van der Waals surface area contributed by atoms with Crippen molar-refractivity contribution in [3.05, 3.63) is 94.2 Å². The Bertz CT molecular complexity index is 1140. The first-order valence-corrected chi connectivity index (χ1v) is 9.91. The maximum absolute atomic E-state index is 13.0. The van der Waals surface area contributed by atoms with E-state index in [9.17, 15) is 14.7 Å². The Morgan fingerprint density at radius 1 is 1.10 bits per heavy atom. The standard InChI is InChI=1S/C23H17BrN2O4/c1-30-18-9-7-14(8-10-18)21(27)19-20(15-4-3-11-25-13-15)26(23(29)22(19)28)17-6-2-5-16(24)12-17/h2-13,20,27H,1H3/b21-19+. The Morgan fingerprint density at radius 3 is 2.50 bits per heavy atom. The molecule has 1 atom stereocenters. The fourth-order valence-corrected chi connectivity index (χ4v) is 3.87. The van der Waals surface area contributed by atoms with Crippen molar-refractivity contribution < 1.29 is 19.4 Å². The lowest BCUT2D eigenvalue weighted by Gasteiger charge is -2.25. The zero-order chi connectivity index (χ0) is 21.3. The second kappa shape index (κ2) is 8.12. The van der Waals surface area contributed by atoms with Gasteiger partial charge in [-0.3, -0.25) is 19.5 Å². The number of aromatic nitrogens is 1. The molecule has 0 saturated carbocycles. The summed E-state index contributed by atoms with van der Waals surface area (Å²) in [7, 11) is 1.54. The highest BCUT2D eigenvalue weighted by Crippen LogP contribution is 2.42. The first-order chi connectivity index (χ1) is 14.5. The molecule has 0 radical (unpaired) electrons. The summed E-state index contributed by atoms with van der Waals surface area (Å²) in [5.41, 5.74) is 1.58. The van der Waals surface area contributed by atoms with Crippen molar-refractivity contribution in [2.24, 2.45) is 0 Å². The topological polar surface area (TPSA) is 79.7 Å². The SMILES string of the molecule is COc1ccc(/C(O)=C2\C(=O)C(=O)N(c3cccc(Br)c3)C2c2cccnc2)cc1. The van der Waals surface area contributed by atoms with Crippen molar-refractivity contribution in [1.29, 1.82) is 0 Å². The molecule has 0 aliphatic carbocycles. The van der Waals surface area contributed by atoms with Crippen molar-refractivity contribution >= 4 is 39.1 Å². The van der Waals surface area contributed by atoms with Gasteiger partial charge in [-0.2, -0.15) is 0 Å². The number of carbonyl (C=O) groups is 2. The minimum Gasteiger partial charge on any atom is -0.507 e. The summed E-state index contributed by atoms with van der Waals surface area (Å²) in [4.78, 5) is 31.6. The number of hydrogen-bond donors (Lipinski definition) is 1. The summed E-state index contributed by atoms with van der Waals surface area (Å²) < 4.78 is 5.92. The number of benzene rings is 2. The van der Waals surface area contributed by atoms with Gasteiger partial charge in [0.25, 0.3) is 11.7 Å². The number of amides is 1. The molecule has 2 heterocycles. The quantitative estimate of drug-likeness (QED) is 0.349. The Morgan fingerprint density at radius 2 is 1.87 bits per heavy atom. The molecule has 1 aromatic heterocycles. The number of ketones is 1. The van der Waals surface area contributed by atoms with E-state index in [4.69, 9.17) is 4.74 Å². The number of hydrogen-bond acceptors (Lipinski definition) is 5. The summed E-state index contributed by atoms with van der Waals surface area (Å²) in [6.45, 7) is 0. The van der Waals surface area contributed by atoms with E-state index >= 15 is 0 Å². The van der Waals surface area contributed by atoms with Gasteiger partial charge in [-0.25, -0.2) is 0 Å². The predicted octanol–water partition coefficient (Wildman–Crippen LogP) is 4.48. The van der Waals surface area contributed by atoms with Gasteiger partial charge < -0.3 is 9.84 Å². The van der Waals surface area contributed by atoms with Crippen LogP contribution in [0.1, 0.15) is 17.2 Å². The van der Waals surface area contributed by atoms with E-state index in [1.165, 1.54) is 4.90 Å². The number of pyridine rings is 1. The van der Waals surface area contributed by atoms with Crippen LogP contribution in [0.25, 0.3) is 5.76 Å². The highest BCUT2D eigenvalue weighted by molar-refractivity contribution is 9.10. The van der Waals surface area contributed by atoms with Crippen molar-refractivity contribution in [3.63, 3.8) is 0 Å². The summed E-state index contributed by atoms with van der Waals surface area (Å²) in [6, 6.07) is 16.4. The maximum atomic E-state index is 13.0. The Kier molecular flexibility index (Phi) is 5.37. The number of aliphatic hydroxyl groups is 1. The number of ether oxygens (including phenoxy) is 1. The number of aliphatic hydroxyl groups excluding tert-OH is 1. The second-order valence-electron chi connectivity index (χ2n) is 6.66. The van der Waals surface area contributed by atoms with Gasteiger partial charge in [0, 0.05) is 28.1 Å². The van der Waals surface area contributed by atoms with E-state index in [2.05, 4.69) is 20.9 Å². The van der Waals surface area contributed by atoms with Crippen LogP contribution in [0.5, 0.6) is 5.75 Å². The van der Waals surface area contributed by atoms with Gasteiger partial charge in [0.05, 0.1) is 18.7 Å². The van der Waals surface area contributed by atoms with Crippen LogP contribution >= 0.6 is 15.9 Å². The molecule has 150 valence electrons. The summed E-state index contributed by atoms with van der Waals surface area (Å²) in [6.07, 6.45) is 3.20. The van der Waals surface area contributed by atoms with Crippen molar-refractivity contribution in [2.45, 2.75) is 6.04 Å². The number of Topliss-reactive ketones (excluding diaryl/α,β-unsaturated/α-hetero) is 1. The molecule has 30 heavy (non-hydrogen) atoms. The van der Waals surface area contributed by atoms with E-state index in [0.717, 1.165) is 4.47 Å². The molecule has 3 aromatic rings. The van der Waals surface area contributed by atoms with Gasteiger partial charge in [0.2, 0.25) is 0 Å². The first kappa shape index (κ1) is 19.8. The number of anilines is 1. The normalized spacial score (nSPS) is 17.9. The molecule has 0 bridgehead atoms.